The molecule has 2 aromatic carbocycles. The minimum atomic E-state index is -3.73. The van der Waals surface area contributed by atoms with E-state index in [1.807, 2.05) is 0 Å². The van der Waals surface area contributed by atoms with Crippen LogP contribution in [0.25, 0.3) is 0 Å². The lowest BCUT2D eigenvalue weighted by molar-refractivity contribution is -0.384. The summed E-state index contributed by atoms with van der Waals surface area (Å²) in [7, 11) is -3.73. The smallest absolute Gasteiger partial charge is 0.293 e. The zero-order valence-electron chi connectivity index (χ0n) is 15.0. The molecule has 2 N–H and O–H groups in total. The fourth-order valence-electron chi connectivity index (χ4n) is 3.09. The van der Waals surface area contributed by atoms with Gasteiger partial charge in [-0.15, -0.1) is 0 Å². The van der Waals surface area contributed by atoms with Gasteiger partial charge in [-0.05, 0) is 30.3 Å². The highest BCUT2D eigenvalue weighted by Crippen LogP contribution is 2.31. The summed E-state index contributed by atoms with van der Waals surface area (Å²) in [5.74, 6) is -0.864. The zero-order valence-corrected chi connectivity index (χ0v) is 16.6. The average molecular weight is 441 g/mol. The third kappa shape index (κ3) is 4.32. The van der Waals surface area contributed by atoms with Crippen LogP contribution in [0.2, 0.25) is 5.02 Å². The molecule has 0 aliphatic carbocycles. The number of sulfonamides is 1. The van der Waals surface area contributed by atoms with Crippen LogP contribution >= 0.6 is 11.6 Å². The molecule has 154 valence electrons. The van der Waals surface area contributed by atoms with E-state index in [0.29, 0.717) is 5.02 Å². The van der Waals surface area contributed by atoms with Gasteiger partial charge in [-0.2, -0.15) is 4.31 Å². The Balaban J connectivity index is 1.80. The summed E-state index contributed by atoms with van der Waals surface area (Å²) in [6.45, 7) is 0.716. The fraction of sp³-hybridized carbons (Fsp3) is 0.235. The van der Waals surface area contributed by atoms with Crippen molar-refractivity contribution in [2.75, 3.05) is 31.1 Å². The second-order valence-electron chi connectivity index (χ2n) is 6.25. The molecule has 1 saturated heterocycles. The van der Waals surface area contributed by atoms with Gasteiger partial charge in [0.15, 0.2) is 0 Å². The lowest BCUT2D eigenvalue weighted by Crippen LogP contribution is -2.48. The molecule has 1 amide bonds. The molecule has 0 aromatic heterocycles. The molecule has 0 atom stereocenters. The van der Waals surface area contributed by atoms with Crippen LogP contribution in [0.5, 0.6) is 0 Å². The molecule has 10 nitrogen and oxygen atoms in total. The third-order valence-corrected chi connectivity index (χ3v) is 6.68. The molecule has 0 spiro atoms. The Bertz CT molecular complexity index is 1050. The SMILES string of the molecule is O=C(NO)c1ccc(N2CCN(S(=O)(=O)c3cccc(Cl)c3)CC2)c([N+](=O)[O-])c1. The number of carbonyl (C=O) groups excluding carboxylic acids is 1. The van der Waals surface area contributed by atoms with Crippen LogP contribution in [0.15, 0.2) is 47.4 Å². The number of benzene rings is 2. The van der Waals surface area contributed by atoms with Gasteiger partial charge in [-0.25, -0.2) is 13.9 Å². The monoisotopic (exact) mass is 440 g/mol. The van der Waals surface area contributed by atoms with E-state index >= 15 is 0 Å². The van der Waals surface area contributed by atoms with Crippen molar-refractivity contribution in [3.63, 3.8) is 0 Å². The molecule has 0 bridgehead atoms. The van der Waals surface area contributed by atoms with Gasteiger partial charge in [-0.1, -0.05) is 17.7 Å². The minimum Gasteiger partial charge on any atom is -0.363 e. The number of anilines is 1. The van der Waals surface area contributed by atoms with Gasteiger partial charge in [0.25, 0.3) is 11.6 Å². The number of halogens is 1. The topological polar surface area (TPSA) is 133 Å². The average Bonchev–Trinajstić information content (AvgIpc) is 2.72. The summed E-state index contributed by atoms with van der Waals surface area (Å²) in [4.78, 5) is 24.1. The number of hydrogen-bond acceptors (Lipinski definition) is 7. The fourth-order valence-corrected chi connectivity index (χ4v) is 4.81. The molecule has 0 unspecified atom stereocenters. The van der Waals surface area contributed by atoms with E-state index in [1.54, 1.807) is 17.0 Å². The second-order valence-corrected chi connectivity index (χ2v) is 8.62. The molecule has 1 aliphatic rings. The summed E-state index contributed by atoms with van der Waals surface area (Å²) < 4.78 is 26.9. The Kier molecular flexibility index (Phi) is 6.03. The van der Waals surface area contributed by atoms with Crippen LogP contribution in [0.3, 0.4) is 0 Å². The molecule has 0 radical (unpaired) electrons. The number of amides is 1. The number of carbonyl (C=O) groups is 1. The summed E-state index contributed by atoms with van der Waals surface area (Å²) in [6, 6.07) is 9.79. The molecule has 1 fully saturated rings. The second kappa shape index (κ2) is 8.33. The van der Waals surface area contributed by atoms with Crippen LogP contribution in [0.4, 0.5) is 11.4 Å². The molecular formula is C17H17ClN4O6S. The highest BCUT2D eigenvalue weighted by Gasteiger charge is 2.31. The first-order chi connectivity index (χ1) is 13.7. The number of nitrogens with zero attached hydrogens (tertiary/aromatic N) is 3. The van der Waals surface area contributed by atoms with E-state index in [2.05, 4.69) is 0 Å². The maximum absolute atomic E-state index is 12.8. The van der Waals surface area contributed by atoms with Crippen molar-refractivity contribution in [3.8, 4) is 0 Å². The molecule has 1 aliphatic heterocycles. The predicted molar refractivity (Wildman–Crippen MR) is 105 cm³/mol. The van der Waals surface area contributed by atoms with Gasteiger partial charge in [0.05, 0.1) is 9.82 Å². The normalized spacial score (nSPS) is 15.2. The molecule has 2 aromatic rings. The minimum absolute atomic E-state index is 0.0647. The molecule has 1 heterocycles. The highest BCUT2D eigenvalue weighted by molar-refractivity contribution is 7.89. The standard InChI is InChI=1S/C17H17ClN4O6S/c18-13-2-1-3-14(11-13)29(27,28)21-8-6-20(7-9-21)15-5-4-12(17(23)19-24)10-16(15)22(25)26/h1-5,10-11,24H,6-9H2,(H,19,23). The number of rotatable bonds is 5. The van der Waals surface area contributed by atoms with E-state index in [1.165, 1.54) is 34.1 Å². The Labute approximate surface area is 171 Å². The first kappa shape index (κ1) is 21.0. The van der Waals surface area contributed by atoms with Crippen LogP contribution < -0.4 is 10.4 Å². The van der Waals surface area contributed by atoms with E-state index < -0.39 is 20.9 Å². The molecule has 29 heavy (non-hydrogen) atoms. The first-order valence-corrected chi connectivity index (χ1v) is 10.3. The Morgan fingerprint density at radius 3 is 2.41 bits per heavy atom. The van der Waals surface area contributed by atoms with Crippen LogP contribution in [-0.2, 0) is 10.0 Å². The number of piperazine rings is 1. The van der Waals surface area contributed by atoms with E-state index in [9.17, 15) is 23.3 Å². The van der Waals surface area contributed by atoms with E-state index in [0.717, 1.165) is 6.07 Å². The van der Waals surface area contributed by atoms with Crippen molar-refractivity contribution < 1.29 is 23.3 Å². The maximum Gasteiger partial charge on any atom is 0.293 e. The first-order valence-electron chi connectivity index (χ1n) is 8.47. The summed E-state index contributed by atoms with van der Waals surface area (Å²) in [5, 5.41) is 20.4. The predicted octanol–water partition coefficient (Wildman–Crippen LogP) is 1.88. The maximum atomic E-state index is 12.8. The summed E-state index contributed by atoms with van der Waals surface area (Å²) in [6.07, 6.45) is 0. The lowest BCUT2D eigenvalue weighted by atomic mass is 10.1. The van der Waals surface area contributed by atoms with Crippen molar-refractivity contribution in [2.45, 2.75) is 4.90 Å². The number of nitro groups is 1. The van der Waals surface area contributed by atoms with Gasteiger partial charge in [0, 0.05) is 42.8 Å². The number of nitro benzene ring substituents is 1. The van der Waals surface area contributed by atoms with Crippen LogP contribution in [-0.4, -0.2) is 54.9 Å². The molecular weight excluding hydrogens is 424 g/mol. The molecule has 3 rings (SSSR count). The van der Waals surface area contributed by atoms with Crippen molar-refractivity contribution in [1.29, 1.82) is 0 Å². The summed E-state index contributed by atoms with van der Waals surface area (Å²) >= 11 is 5.89. The van der Waals surface area contributed by atoms with Gasteiger partial charge in [0.2, 0.25) is 10.0 Å². The molecule has 12 heteroatoms. The number of nitrogens with one attached hydrogen (secondary N) is 1. The molecule has 0 saturated carbocycles. The number of hydrogen-bond donors (Lipinski definition) is 2. The van der Waals surface area contributed by atoms with Crippen LogP contribution in [0.1, 0.15) is 10.4 Å². The largest absolute Gasteiger partial charge is 0.363 e. The van der Waals surface area contributed by atoms with Gasteiger partial charge in [0.1, 0.15) is 5.69 Å². The Hall–Kier alpha value is -2.73. The van der Waals surface area contributed by atoms with E-state index in [4.69, 9.17) is 16.8 Å². The van der Waals surface area contributed by atoms with Crippen molar-refractivity contribution in [1.82, 2.24) is 9.79 Å². The quantitative estimate of drug-likeness (QED) is 0.412. The van der Waals surface area contributed by atoms with Gasteiger partial charge >= 0.3 is 0 Å². The van der Waals surface area contributed by atoms with Crippen molar-refractivity contribution >= 4 is 38.9 Å². The van der Waals surface area contributed by atoms with Gasteiger partial charge < -0.3 is 4.90 Å². The van der Waals surface area contributed by atoms with Crippen molar-refractivity contribution in [2.24, 2.45) is 0 Å². The third-order valence-electron chi connectivity index (χ3n) is 4.55. The zero-order chi connectivity index (χ0) is 21.2. The Morgan fingerprint density at radius 2 is 1.83 bits per heavy atom. The lowest BCUT2D eigenvalue weighted by Gasteiger charge is -2.35. The van der Waals surface area contributed by atoms with Crippen LogP contribution in [0, 0.1) is 10.1 Å². The highest BCUT2D eigenvalue weighted by atomic mass is 35.5. The van der Waals surface area contributed by atoms with Gasteiger partial charge in [-0.3, -0.25) is 20.1 Å². The van der Waals surface area contributed by atoms with E-state index in [-0.39, 0.29) is 48.0 Å². The van der Waals surface area contributed by atoms with Crippen molar-refractivity contribution in [3.05, 3.63) is 63.2 Å². The Morgan fingerprint density at radius 1 is 1.14 bits per heavy atom. The number of hydroxylamine groups is 1. The summed E-state index contributed by atoms with van der Waals surface area (Å²) in [5.41, 5.74) is 1.33.